The lowest BCUT2D eigenvalue weighted by molar-refractivity contribution is -0.131. The Bertz CT molecular complexity index is 1320. The van der Waals surface area contributed by atoms with E-state index < -0.39 is 6.04 Å². The van der Waals surface area contributed by atoms with E-state index in [0.29, 0.717) is 17.6 Å². The van der Waals surface area contributed by atoms with Crippen molar-refractivity contribution in [3.63, 3.8) is 0 Å². The molecule has 188 valence electrons. The summed E-state index contributed by atoms with van der Waals surface area (Å²) in [6.45, 7) is 9.69. The van der Waals surface area contributed by atoms with Gasteiger partial charge in [0, 0.05) is 41.5 Å². The monoisotopic (exact) mass is 504 g/mol. The van der Waals surface area contributed by atoms with Gasteiger partial charge in [-0.25, -0.2) is 4.99 Å². The number of aliphatic imine (C=N–C) groups is 1. The lowest BCUT2D eigenvalue weighted by atomic mass is 9.91. The average Bonchev–Trinajstić information content (AvgIpc) is 3.45. The number of furan rings is 1. The first-order chi connectivity index (χ1) is 17.2. The first kappa shape index (κ1) is 24.6. The molecule has 1 fully saturated rings. The second-order valence-corrected chi connectivity index (χ2v) is 10.5. The fourth-order valence-corrected chi connectivity index (χ4v) is 5.73. The molecule has 1 aromatic heterocycles. The smallest absolute Gasteiger partial charge is 0.250 e. The van der Waals surface area contributed by atoms with Crippen molar-refractivity contribution in [2.75, 3.05) is 25.0 Å². The van der Waals surface area contributed by atoms with Crippen LogP contribution in [0.3, 0.4) is 0 Å². The molecule has 5 rings (SSSR count). The maximum atomic E-state index is 14.1. The molecular weight excluding hydrogens is 472 g/mol. The van der Waals surface area contributed by atoms with Crippen LogP contribution in [0.1, 0.15) is 47.1 Å². The second-order valence-electron chi connectivity index (χ2n) is 10.1. The van der Waals surface area contributed by atoms with E-state index in [0.717, 1.165) is 70.1 Å². The molecule has 0 bridgehead atoms. The first-order valence-electron chi connectivity index (χ1n) is 12.5. The van der Waals surface area contributed by atoms with Gasteiger partial charge in [-0.15, -0.1) is 0 Å². The van der Waals surface area contributed by atoms with E-state index in [1.165, 1.54) is 0 Å². The summed E-state index contributed by atoms with van der Waals surface area (Å²) in [7, 11) is 1.90. The third-order valence-corrected chi connectivity index (χ3v) is 7.41. The Balaban J connectivity index is 1.62. The van der Waals surface area contributed by atoms with E-state index in [1.54, 1.807) is 6.34 Å². The highest BCUT2D eigenvalue weighted by Gasteiger charge is 2.36. The largest absolute Gasteiger partial charge is 0.466 e. The molecule has 2 aliphatic heterocycles. The number of fused-ring (bicyclic) bond motifs is 1. The van der Waals surface area contributed by atoms with Crippen LogP contribution in [0.4, 0.5) is 11.4 Å². The molecule has 0 aliphatic carbocycles. The zero-order valence-electron chi connectivity index (χ0n) is 21.6. The second kappa shape index (κ2) is 9.75. The molecule has 0 saturated carbocycles. The fourth-order valence-electron chi connectivity index (χ4n) is 5.45. The van der Waals surface area contributed by atoms with Gasteiger partial charge in [0.2, 0.25) is 5.91 Å². The van der Waals surface area contributed by atoms with Crippen LogP contribution in [0.5, 0.6) is 0 Å². The molecular formula is C29H33ClN4O2. The number of rotatable bonds is 5. The summed E-state index contributed by atoms with van der Waals surface area (Å²) < 4.78 is 5.83. The Morgan fingerprint density at radius 1 is 1.14 bits per heavy atom. The van der Waals surface area contributed by atoms with E-state index in [9.17, 15) is 4.79 Å². The molecule has 0 spiro atoms. The minimum atomic E-state index is -0.561. The van der Waals surface area contributed by atoms with Crippen LogP contribution < -0.4 is 10.2 Å². The zero-order chi connectivity index (χ0) is 25.6. The maximum absolute atomic E-state index is 14.1. The molecule has 2 atom stereocenters. The third-order valence-electron chi connectivity index (χ3n) is 7.19. The SMILES string of the molecule is Cc1cc(Cl)cc(N2C=Nc3cc(C)c(-c4cc(C)oc4C)cc3C2C(=O)N(C)C[C@@H]2CCCN2)c1. The Labute approximate surface area is 218 Å². The molecule has 36 heavy (non-hydrogen) atoms. The van der Waals surface area contributed by atoms with E-state index in [1.807, 2.05) is 55.8 Å². The Kier molecular flexibility index (Phi) is 6.66. The molecule has 1 N–H and O–H groups in total. The maximum Gasteiger partial charge on any atom is 0.250 e. The zero-order valence-corrected chi connectivity index (χ0v) is 22.3. The molecule has 3 aromatic rings. The topological polar surface area (TPSA) is 61.1 Å². The molecule has 7 heteroatoms. The number of benzene rings is 2. The molecule has 1 unspecified atom stereocenters. The summed E-state index contributed by atoms with van der Waals surface area (Å²) in [6.07, 6.45) is 4.00. The Morgan fingerprint density at radius 2 is 1.94 bits per heavy atom. The van der Waals surface area contributed by atoms with Gasteiger partial charge in [0.25, 0.3) is 0 Å². The van der Waals surface area contributed by atoms with Crippen molar-refractivity contribution < 1.29 is 9.21 Å². The lowest BCUT2D eigenvalue weighted by Gasteiger charge is -2.36. The fraction of sp³-hybridized carbons (Fsp3) is 0.379. The number of halogens is 1. The van der Waals surface area contributed by atoms with E-state index in [4.69, 9.17) is 21.0 Å². The van der Waals surface area contributed by atoms with Crippen molar-refractivity contribution in [1.29, 1.82) is 0 Å². The predicted molar refractivity (Wildman–Crippen MR) is 147 cm³/mol. The van der Waals surface area contributed by atoms with Crippen LogP contribution in [0.25, 0.3) is 11.1 Å². The number of aryl methyl sites for hydroxylation is 4. The number of nitrogens with one attached hydrogen (secondary N) is 1. The van der Waals surface area contributed by atoms with E-state index >= 15 is 0 Å². The molecule has 1 amide bonds. The van der Waals surface area contributed by atoms with Crippen LogP contribution in [0.2, 0.25) is 5.02 Å². The van der Waals surface area contributed by atoms with Gasteiger partial charge in [0.05, 0.1) is 12.0 Å². The van der Waals surface area contributed by atoms with Crippen LogP contribution in [-0.2, 0) is 4.79 Å². The number of hydrogen-bond donors (Lipinski definition) is 1. The van der Waals surface area contributed by atoms with Gasteiger partial charge in [-0.05, 0) is 100 Å². The summed E-state index contributed by atoms with van der Waals surface area (Å²) in [4.78, 5) is 22.7. The number of amides is 1. The summed E-state index contributed by atoms with van der Waals surface area (Å²) in [5.41, 5.74) is 6.76. The van der Waals surface area contributed by atoms with Crippen molar-refractivity contribution in [3.8, 4) is 11.1 Å². The minimum absolute atomic E-state index is 0.0311. The highest BCUT2D eigenvalue weighted by atomic mass is 35.5. The van der Waals surface area contributed by atoms with Crippen molar-refractivity contribution in [2.24, 2.45) is 4.99 Å². The van der Waals surface area contributed by atoms with Crippen molar-refractivity contribution in [1.82, 2.24) is 10.2 Å². The number of likely N-dealkylation sites (N-methyl/N-ethyl adjacent to an activating group) is 1. The van der Waals surface area contributed by atoms with Crippen molar-refractivity contribution >= 4 is 35.2 Å². The van der Waals surface area contributed by atoms with Crippen LogP contribution in [0.15, 0.2) is 45.8 Å². The van der Waals surface area contributed by atoms with Crippen LogP contribution >= 0.6 is 11.6 Å². The van der Waals surface area contributed by atoms with Gasteiger partial charge >= 0.3 is 0 Å². The highest BCUT2D eigenvalue weighted by Crippen LogP contribution is 2.42. The number of anilines is 1. The number of hydrogen-bond acceptors (Lipinski definition) is 5. The highest BCUT2D eigenvalue weighted by molar-refractivity contribution is 6.31. The molecule has 0 radical (unpaired) electrons. The van der Waals surface area contributed by atoms with Crippen LogP contribution in [0, 0.1) is 27.7 Å². The summed E-state index contributed by atoms with van der Waals surface area (Å²) in [5, 5.41) is 4.14. The Morgan fingerprint density at radius 3 is 2.61 bits per heavy atom. The van der Waals surface area contributed by atoms with Crippen molar-refractivity contribution in [2.45, 2.75) is 52.6 Å². The number of carbonyl (C=O) groups excluding carboxylic acids is 1. The molecule has 3 heterocycles. The van der Waals surface area contributed by atoms with Gasteiger partial charge in [0.1, 0.15) is 17.6 Å². The van der Waals surface area contributed by atoms with Crippen LogP contribution in [-0.4, -0.2) is 43.3 Å². The summed E-state index contributed by atoms with van der Waals surface area (Å²) in [6, 6.07) is 11.9. The quantitative estimate of drug-likeness (QED) is 0.445. The van der Waals surface area contributed by atoms with Gasteiger partial charge in [-0.3, -0.25) is 4.79 Å². The summed E-state index contributed by atoms with van der Waals surface area (Å²) in [5.74, 6) is 1.76. The normalized spacial score (nSPS) is 19.0. The van der Waals surface area contributed by atoms with Gasteiger partial charge in [-0.1, -0.05) is 11.6 Å². The average molecular weight is 505 g/mol. The van der Waals surface area contributed by atoms with E-state index in [2.05, 4.69) is 30.4 Å². The molecule has 2 aliphatic rings. The van der Waals surface area contributed by atoms with Gasteiger partial charge < -0.3 is 19.5 Å². The summed E-state index contributed by atoms with van der Waals surface area (Å²) >= 11 is 6.43. The Hall–Kier alpha value is -3.09. The molecule has 1 saturated heterocycles. The molecule has 6 nitrogen and oxygen atoms in total. The standard InChI is InChI=1S/C29H33ClN4O2/c1-17-9-21(30)13-23(10-17)34-16-32-27-11-18(2)24(25-12-19(3)36-20(25)4)14-26(27)28(34)29(35)33(5)15-22-7-6-8-31-22/h9-14,16,22,28,31H,6-8,15H2,1-5H3/t22-,28?/m0/s1. The number of nitrogens with zero attached hydrogens (tertiary/aromatic N) is 3. The number of carbonyl (C=O) groups is 1. The molecule has 2 aromatic carbocycles. The van der Waals surface area contributed by atoms with Crippen molar-refractivity contribution in [3.05, 3.63) is 69.6 Å². The van der Waals surface area contributed by atoms with E-state index in [-0.39, 0.29) is 5.91 Å². The predicted octanol–water partition coefficient (Wildman–Crippen LogP) is 6.27. The minimum Gasteiger partial charge on any atom is -0.466 e. The van der Waals surface area contributed by atoms with Gasteiger partial charge in [0.15, 0.2) is 0 Å². The third kappa shape index (κ3) is 4.67. The van der Waals surface area contributed by atoms with Gasteiger partial charge in [-0.2, -0.15) is 0 Å². The first-order valence-corrected chi connectivity index (χ1v) is 12.9. The lowest BCUT2D eigenvalue weighted by Crippen LogP contribution is -2.46.